The Morgan fingerprint density at radius 3 is 3.06 bits per heavy atom. The third-order valence-electron chi connectivity index (χ3n) is 3.68. The van der Waals surface area contributed by atoms with Crippen LogP contribution in [-0.2, 0) is 9.53 Å². The van der Waals surface area contributed by atoms with Gasteiger partial charge >= 0.3 is 6.09 Å². The van der Waals surface area contributed by atoms with Gasteiger partial charge in [-0.2, -0.15) is 0 Å². The first kappa shape index (κ1) is 13.8. The summed E-state index contributed by atoms with van der Waals surface area (Å²) in [6, 6.07) is -0.106. The van der Waals surface area contributed by atoms with Crippen molar-refractivity contribution in [1.82, 2.24) is 4.90 Å². The van der Waals surface area contributed by atoms with Crippen LogP contribution in [0.15, 0.2) is 9.66 Å². The number of allylic oxidation sites excluding steroid dienone is 1. The second kappa shape index (κ2) is 5.19. The number of hydrogen-bond acceptors (Lipinski definition) is 3. The van der Waals surface area contributed by atoms with Gasteiger partial charge < -0.3 is 4.74 Å². The molecular formula is C13H18INO3. The second-order valence-electron chi connectivity index (χ2n) is 5.22. The van der Waals surface area contributed by atoms with Crippen molar-refractivity contribution < 1.29 is 14.3 Å². The van der Waals surface area contributed by atoms with Gasteiger partial charge in [-0.1, -0.05) is 26.3 Å². The van der Waals surface area contributed by atoms with Crippen LogP contribution in [0.5, 0.6) is 0 Å². The highest BCUT2D eigenvalue weighted by Gasteiger charge is 2.53. The predicted octanol–water partition coefficient (Wildman–Crippen LogP) is 3.25. The molecule has 2 bridgehead atoms. The van der Waals surface area contributed by atoms with Gasteiger partial charge in [0.15, 0.2) is 0 Å². The van der Waals surface area contributed by atoms with Crippen LogP contribution >= 0.6 is 22.6 Å². The molecule has 1 aliphatic heterocycles. The second-order valence-corrected chi connectivity index (χ2v) is 6.46. The lowest BCUT2D eigenvalue weighted by Crippen LogP contribution is -2.40. The summed E-state index contributed by atoms with van der Waals surface area (Å²) in [6.07, 6.45) is 4.84. The molecule has 0 aromatic rings. The van der Waals surface area contributed by atoms with E-state index in [1.807, 2.05) is 13.8 Å². The number of imide groups is 1. The van der Waals surface area contributed by atoms with Gasteiger partial charge in [0, 0.05) is 3.58 Å². The molecule has 0 aromatic carbocycles. The minimum atomic E-state index is -0.480. The fourth-order valence-electron chi connectivity index (χ4n) is 2.47. The Bertz CT molecular complexity index is 407. The largest absolute Gasteiger partial charge is 0.449 e. The summed E-state index contributed by atoms with van der Waals surface area (Å²) in [5.74, 6) is -0.0862. The van der Waals surface area contributed by atoms with E-state index in [4.69, 9.17) is 4.74 Å². The number of unbranched alkanes of at least 4 members (excludes halogenated alkanes) is 1. The lowest BCUT2D eigenvalue weighted by molar-refractivity contribution is -0.133. The lowest BCUT2D eigenvalue weighted by Gasteiger charge is -2.23. The SMILES string of the molecule is CCCCOC(=O)N1C(=O)C2(C)CC=C(I)C1C2. The van der Waals surface area contributed by atoms with Crippen molar-refractivity contribution in [3.63, 3.8) is 0 Å². The quantitative estimate of drug-likeness (QED) is 0.571. The van der Waals surface area contributed by atoms with Crippen LogP contribution in [0.4, 0.5) is 4.79 Å². The van der Waals surface area contributed by atoms with E-state index in [-0.39, 0.29) is 11.9 Å². The van der Waals surface area contributed by atoms with E-state index >= 15 is 0 Å². The smallest absolute Gasteiger partial charge is 0.417 e. The Labute approximate surface area is 121 Å². The average molecular weight is 363 g/mol. The maximum absolute atomic E-state index is 12.3. The average Bonchev–Trinajstić information content (AvgIpc) is 2.55. The molecule has 18 heavy (non-hydrogen) atoms. The topological polar surface area (TPSA) is 46.6 Å². The molecule has 2 atom stereocenters. The molecule has 0 saturated carbocycles. The number of amides is 2. The molecule has 0 spiro atoms. The molecule has 2 unspecified atom stereocenters. The van der Waals surface area contributed by atoms with Crippen LogP contribution in [0.3, 0.4) is 0 Å². The molecule has 100 valence electrons. The first-order chi connectivity index (χ1) is 8.49. The number of nitrogens with zero attached hydrogens (tertiary/aromatic N) is 1. The van der Waals surface area contributed by atoms with E-state index in [0.717, 1.165) is 29.3 Å². The van der Waals surface area contributed by atoms with Gasteiger partial charge in [0.05, 0.1) is 18.1 Å². The number of hydrogen-bond donors (Lipinski definition) is 0. The number of rotatable bonds is 3. The first-order valence-electron chi connectivity index (χ1n) is 6.35. The predicted molar refractivity (Wildman–Crippen MR) is 76.3 cm³/mol. The molecule has 0 N–H and O–H groups in total. The van der Waals surface area contributed by atoms with Crippen LogP contribution in [-0.4, -0.2) is 29.5 Å². The summed E-state index contributed by atoms with van der Waals surface area (Å²) >= 11 is 2.22. The molecule has 1 fully saturated rings. The third-order valence-corrected chi connectivity index (χ3v) is 4.84. The highest BCUT2D eigenvalue weighted by Crippen LogP contribution is 2.47. The Kier molecular flexibility index (Phi) is 3.99. The zero-order valence-corrected chi connectivity index (χ0v) is 12.9. The molecule has 1 saturated heterocycles. The molecule has 2 rings (SSSR count). The summed E-state index contributed by atoms with van der Waals surface area (Å²) < 4.78 is 6.25. The summed E-state index contributed by atoms with van der Waals surface area (Å²) in [7, 11) is 0. The maximum Gasteiger partial charge on any atom is 0.417 e. The van der Waals surface area contributed by atoms with Gasteiger partial charge in [-0.05, 0) is 41.9 Å². The lowest BCUT2D eigenvalue weighted by atomic mass is 9.80. The number of fused-ring (bicyclic) bond motifs is 2. The number of ether oxygens (including phenoxy) is 1. The van der Waals surface area contributed by atoms with Crippen molar-refractivity contribution in [3.05, 3.63) is 9.66 Å². The molecule has 1 heterocycles. The van der Waals surface area contributed by atoms with Gasteiger partial charge in [0.25, 0.3) is 0 Å². The van der Waals surface area contributed by atoms with Crippen LogP contribution in [0.1, 0.15) is 39.5 Å². The zero-order chi connectivity index (χ0) is 13.3. The molecular weight excluding hydrogens is 345 g/mol. The number of carbonyl (C=O) groups is 2. The fourth-order valence-corrected chi connectivity index (χ4v) is 3.19. The monoisotopic (exact) mass is 363 g/mol. The van der Waals surface area contributed by atoms with Crippen molar-refractivity contribution in [2.75, 3.05) is 6.61 Å². The number of likely N-dealkylation sites (tertiary alicyclic amines) is 1. The number of halogens is 1. The van der Waals surface area contributed by atoms with Crippen molar-refractivity contribution in [2.45, 2.75) is 45.6 Å². The van der Waals surface area contributed by atoms with E-state index in [2.05, 4.69) is 28.7 Å². The van der Waals surface area contributed by atoms with Crippen molar-refractivity contribution in [1.29, 1.82) is 0 Å². The van der Waals surface area contributed by atoms with Gasteiger partial charge in [0.1, 0.15) is 0 Å². The summed E-state index contributed by atoms with van der Waals surface area (Å²) in [5, 5.41) is 0. The Morgan fingerprint density at radius 2 is 2.39 bits per heavy atom. The van der Waals surface area contributed by atoms with Crippen LogP contribution in [0, 0.1) is 5.41 Å². The van der Waals surface area contributed by atoms with Crippen molar-refractivity contribution in [2.24, 2.45) is 5.41 Å². The molecule has 2 amide bonds. The molecule has 1 aliphatic carbocycles. The molecule has 5 heteroatoms. The minimum Gasteiger partial charge on any atom is -0.449 e. The van der Waals surface area contributed by atoms with Crippen LogP contribution in [0.2, 0.25) is 0 Å². The van der Waals surface area contributed by atoms with Gasteiger partial charge in [-0.15, -0.1) is 0 Å². The summed E-state index contributed by atoms with van der Waals surface area (Å²) in [4.78, 5) is 25.7. The highest BCUT2D eigenvalue weighted by molar-refractivity contribution is 14.1. The van der Waals surface area contributed by atoms with Gasteiger partial charge in [-0.3, -0.25) is 4.79 Å². The summed E-state index contributed by atoms with van der Waals surface area (Å²) in [5.41, 5.74) is -0.414. The first-order valence-corrected chi connectivity index (χ1v) is 7.43. The third kappa shape index (κ3) is 2.29. The number of carbonyl (C=O) groups excluding carboxylic acids is 2. The van der Waals surface area contributed by atoms with Crippen LogP contribution in [0.25, 0.3) is 0 Å². The van der Waals surface area contributed by atoms with Crippen molar-refractivity contribution >= 4 is 34.6 Å². The molecule has 0 radical (unpaired) electrons. The minimum absolute atomic E-state index is 0.0862. The Hall–Kier alpha value is -0.590. The molecule has 0 aromatic heterocycles. The fraction of sp³-hybridized carbons (Fsp3) is 0.692. The highest BCUT2D eigenvalue weighted by atomic mass is 127. The van der Waals surface area contributed by atoms with E-state index in [0.29, 0.717) is 6.61 Å². The van der Waals surface area contributed by atoms with Gasteiger partial charge in [-0.25, -0.2) is 9.69 Å². The van der Waals surface area contributed by atoms with E-state index in [1.54, 1.807) is 0 Å². The zero-order valence-electron chi connectivity index (χ0n) is 10.7. The van der Waals surface area contributed by atoms with E-state index in [9.17, 15) is 9.59 Å². The maximum atomic E-state index is 12.3. The van der Waals surface area contributed by atoms with Crippen LogP contribution < -0.4 is 0 Å². The standard InChI is InChI=1S/C13H18INO3/c1-3-4-7-18-12(17)15-10-8-13(2,11(15)16)6-5-9(10)14/h5,10H,3-4,6-8H2,1-2H3. The van der Waals surface area contributed by atoms with Crippen molar-refractivity contribution in [3.8, 4) is 0 Å². The Balaban J connectivity index is 2.11. The summed E-state index contributed by atoms with van der Waals surface area (Å²) in [6.45, 7) is 4.36. The van der Waals surface area contributed by atoms with E-state index < -0.39 is 11.5 Å². The van der Waals surface area contributed by atoms with Gasteiger partial charge in [0.2, 0.25) is 5.91 Å². The Morgan fingerprint density at radius 1 is 1.67 bits per heavy atom. The molecule has 2 aliphatic rings. The van der Waals surface area contributed by atoms with E-state index in [1.165, 1.54) is 4.90 Å². The normalized spacial score (nSPS) is 30.4. The molecule has 4 nitrogen and oxygen atoms in total.